The molecule has 7 heteroatoms. The number of nitrogens with one attached hydrogen (secondary N) is 1. The van der Waals surface area contributed by atoms with E-state index in [-0.39, 0.29) is 5.56 Å². The Morgan fingerprint density at radius 1 is 1.25 bits per heavy atom. The summed E-state index contributed by atoms with van der Waals surface area (Å²) in [5, 5.41) is 17.0. The third-order valence-corrected chi connectivity index (χ3v) is 3.80. The minimum Gasteiger partial charge on any atom is -0.478 e. The van der Waals surface area contributed by atoms with Gasteiger partial charge in [0, 0.05) is 11.1 Å². The Kier molecular flexibility index (Phi) is 3.06. The fourth-order valence-electron chi connectivity index (χ4n) is 2.71. The van der Waals surface area contributed by atoms with Crippen LogP contribution in [0, 0.1) is 0 Å². The van der Waals surface area contributed by atoms with Gasteiger partial charge in [0.2, 0.25) is 0 Å². The number of nitrogen functional groups attached to an aromatic ring is 1. The lowest BCUT2D eigenvalue weighted by molar-refractivity contribution is 0.0697. The van der Waals surface area contributed by atoms with Gasteiger partial charge in [-0.25, -0.2) is 9.78 Å². The molecular weight excluding hydrogens is 308 g/mol. The first kappa shape index (κ1) is 14.0. The molecule has 0 aliphatic heterocycles. The van der Waals surface area contributed by atoms with Crippen LogP contribution in [0.3, 0.4) is 0 Å². The molecular formula is C17H12N4O3. The van der Waals surface area contributed by atoms with Crippen LogP contribution in [0.4, 0.5) is 5.82 Å². The first-order valence-corrected chi connectivity index (χ1v) is 7.15. The van der Waals surface area contributed by atoms with Crippen LogP contribution in [-0.4, -0.2) is 26.3 Å². The van der Waals surface area contributed by atoms with E-state index in [0.717, 1.165) is 5.56 Å². The summed E-state index contributed by atoms with van der Waals surface area (Å²) in [4.78, 5) is 16.1. The number of aromatic nitrogens is 3. The Balaban J connectivity index is 2.04. The number of carboxylic acids is 1. The van der Waals surface area contributed by atoms with Crippen LogP contribution < -0.4 is 5.73 Å². The highest BCUT2D eigenvalue weighted by Crippen LogP contribution is 2.34. The SMILES string of the molecule is Nc1n[nH]c2cc(-c3ccccc3C(=O)O)nc(-c3ccoc3)c12. The molecule has 0 aliphatic carbocycles. The lowest BCUT2D eigenvalue weighted by atomic mass is 10.0. The van der Waals surface area contributed by atoms with E-state index in [2.05, 4.69) is 15.2 Å². The molecule has 0 unspecified atom stereocenters. The maximum atomic E-state index is 11.5. The van der Waals surface area contributed by atoms with Gasteiger partial charge in [-0.1, -0.05) is 18.2 Å². The third kappa shape index (κ3) is 2.11. The van der Waals surface area contributed by atoms with Crippen molar-refractivity contribution in [1.29, 1.82) is 0 Å². The molecule has 0 amide bonds. The number of rotatable bonds is 3. The molecule has 3 heterocycles. The first-order valence-electron chi connectivity index (χ1n) is 7.15. The van der Waals surface area contributed by atoms with Crippen LogP contribution in [0.5, 0.6) is 0 Å². The van der Waals surface area contributed by atoms with Crippen molar-refractivity contribution in [3.63, 3.8) is 0 Å². The number of nitrogens with zero attached hydrogens (tertiary/aromatic N) is 2. The second-order valence-corrected chi connectivity index (χ2v) is 5.25. The molecule has 0 aliphatic rings. The first-order chi connectivity index (χ1) is 11.6. The number of H-pyrrole nitrogens is 1. The normalized spacial score (nSPS) is 11.0. The maximum Gasteiger partial charge on any atom is 0.336 e. The molecule has 4 aromatic rings. The second kappa shape index (κ2) is 5.24. The minimum atomic E-state index is -1.01. The fourth-order valence-corrected chi connectivity index (χ4v) is 2.71. The Hall–Kier alpha value is -3.61. The number of aromatic carboxylic acids is 1. The number of carboxylic acid groups (broad SMARTS) is 1. The van der Waals surface area contributed by atoms with Crippen LogP contribution in [0.25, 0.3) is 33.4 Å². The molecule has 0 spiro atoms. The smallest absolute Gasteiger partial charge is 0.336 e. The number of anilines is 1. The van der Waals surface area contributed by atoms with Gasteiger partial charge in [0.15, 0.2) is 5.82 Å². The van der Waals surface area contributed by atoms with E-state index < -0.39 is 5.97 Å². The van der Waals surface area contributed by atoms with E-state index >= 15 is 0 Å². The van der Waals surface area contributed by atoms with Crippen molar-refractivity contribution in [3.05, 3.63) is 54.5 Å². The van der Waals surface area contributed by atoms with Crippen LogP contribution in [-0.2, 0) is 0 Å². The van der Waals surface area contributed by atoms with Gasteiger partial charge in [0.1, 0.15) is 0 Å². The van der Waals surface area contributed by atoms with Crippen molar-refractivity contribution < 1.29 is 14.3 Å². The summed E-state index contributed by atoms with van der Waals surface area (Å²) >= 11 is 0. The Bertz CT molecular complexity index is 1050. The number of furan rings is 1. The van der Waals surface area contributed by atoms with Gasteiger partial charge in [0.25, 0.3) is 0 Å². The van der Waals surface area contributed by atoms with Crippen molar-refractivity contribution in [2.45, 2.75) is 0 Å². The zero-order valence-electron chi connectivity index (χ0n) is 12.4. The zero-order valence-corrected chi connectivity index (χ0v) is 12.4. The monoisotopic (exact) mass is 320 g/mol. The van der Waals surface area contributed by atoms with E-state index in [0.29, 0.717) is 33.7 Å². The maximum absolute atomic E-state index is 11.5. The van der Waals surface area contributed by atoms with Gasteiger partial charge in [-0.2, -0.15) is 5.10 Å². The quantitative estimate of drug-likeness (QED) is 0.533. The van der Waals surface area contributed by atoms with Crippen molar-refractivity contribution in [1.82, 2.24) is 15.2 Å². The number of hydrogen-bond acceptors (Lipinski definition) is 5. The molecule has 0 fully saturated rings. The predicted octanol–water partition coefficient (Wildman–Crippen LogP) is 3.17. The Morgan fingerprint density at radius 3 is 2.83 bits per heavy atom. The van der Waals surface area contributed by atoms with Gasteiger partial charge in [-0.15, -0.1) is 0 Å². The van der Waals surface area contributed by atoms with Gasteiger partial charge < -0.3 is 15.3 Å². The zero-order chi connectivity index (χ0) is 16.7. The van der Waals surface area contributed by atoms with Crippen molar-refractivity contribution in [2.24, 2.45) is 0 Å². The topological polar surface area (TPSA) is 118 Å². The number of fused-ring (bicyclic) bond motifs is 1. The summed E-state index contributed by atoms with van der Waals surface area (Å²) in [7, 11) is 0. The number of pyridine rings is 1. The molecule has 1 aromatic carbocycles. The van der Waals surface area contributed by atoms with Crippen LogP contribution in [0.15, 0.2) is 53.3 Å². The molecule has 0 saturated heterocycles. The van der Waals surface area contributed by atoms with Crippen LogP contribution >= 0.6 is 0 Å². The number of carbonyl (C=O) groups is 1. The number of aromatic amines is 1. The summed E-state index contributed by atoms with van der Waals surface area (Å²) in [5.74, 6) is -0.687. The van der Waals surface area contributed by atoms with Crippen molar-refractivity contribution in [2.75, 3.05) is 5.73 Å². The lowest BCUT2D eigenvalue weighted by Crippen LogP contribution is -2.00. The number of benzene rings is 1. The molecule has 118 valence electrons. The standard InChI is InChI=1S/C17H12N4O3/c18-16-14-13(20-21-16)7-12(19-15(14)9-5-6-24-8-9)10-3-1-2-4-11(10)17(22)23/h1-8H,(H,22,23)(H3,18,20,21). The summed E-state index contributed by atoms with van der Waals surface area (Å²) in [6, 6.07) is 10.2. The fraction of sp³-hybridized carbons (Fsp3) is 0. The molecule has 24 heavy (non-hydrogen) atoms. The highest BCUT2D eigenvalue weighted by Gasteiger charge is 2.18. The van der Waals surface area contributed by atoms with Gasteiger partial charge in [-0.3, -0.25) is 5.10 Å². The Morgan fingerprint density at radius 2 is 2.08 bits per heavy atom. The summed E-state index contributed by atoms with van der Waals surface area (Å²) in [6.45, 7) is 0. The minimum absolute atomic E-state index is 0.176. The predicted molar refractivity (Wildman–Crippen MR) is 88.4 cm³/mol. The molecule has 4 rings (SSSR count). The molecule has 0 atom stereocenters. The molecule has 0 saturated carbocycles. The highest BCUT2D eigenvalue weighted by molar-refractivity contribution is 6.03. The van der Waals surface area contributed by atoms with Crippen molar-refractivity contribution in [3.8, 4) is 22.5 Å². The van der Waals surface area contributed by atoms with Crippen LogP contribution in [0.1, 0.15) is 10.4 Å². The summed E-state index contributed by atoms with van der Waals surface area (Å²) in [6.07, 6.45) is 3.10. The largest absolute Gasteiger partial charge is 0.478 e. The van der Waals surface area contributed by atoms with Gasteiger partial charge >= 0.3 is 5.97 Å². The third-order valence-electron chi connectivity index (χ3n) is 3.80. The van der Waals surface area contributed by atoms with Gasteiger partial charge in [0.05, 0.1) is 40.4 Å². The summed E-state index contributed by atoms with van der Waals surface area (Å²) < 4.78 is 5.14. The molecule has 3 aromatic heterocycles. The molecule has 4 N–H and O–H groups in total. The second-order valence-electron chi connectivity index (χ2n) is 5.25. The highest BCUT2D eigenvalue weighted by atomic mass is 16.4. The lowest BCUT2D eigenvalue weighted by Gasteiger charge is -2.08. The molecule has 7 nitrogen and oxygen atoms in total. The van der Waals surface area contributed by atoms with E-state index in [9.17, 15) is 9.90 Å². The van der Waals surface area contributed by atoms with Crippen LogP contribution in [0.2, 0.25) is 0 Å². The van der Waals surface area contributed by atoms with E-state index in [1.54, 1.807) is 42.7 Å². The van der Waals surface area contributed by atoms with Crippen molar-refractivity contribution >= 4 is 22.7 Å². The number of hydrogen-bond donors (Lipinski definition) is 3. The molecule has 0 bridgehead atoms. The average molecular weight is 320 g/mol. The average Bonchev–Trinajstić information content (AvgIpc) is 3.24. The molecule has 0 radical (unpaired) electrons. The number of nitrogens with two attached hydrogens (primary N) is 1. The Labute approximate surface area is 135 Å². The van der Waals surface area contributed by atoms with Gasteiger partial charge in [-0.05, 0) is 18.2 Å². The summed E-state index contributed by atoms with van der Waals surface area (Å²) in [5.41, 5.74) is 9.15. The van der Waals surface area contributed by atoms with E-state index in [1.165, 1.54) is 6.26 Å². The van der Waals surface area contributed by atoms with E-state index in [1.807, 2.05) is 0 Å². The van der Waals surface area contributed by atoms with E-state index in [4.69, 9.17) is 10.2 Å².